The van der Waals surface area contributed by atoms with Crippen molar-refractivity contribution in [2.24, 2.45) is 5.10 Å². The van der Waals surface area contributed by atoms with E-state index in [1.165, 1.54) is 34.7 Å². The lowest BCUT2D eigenvalue weighted by atomic mass is 10.2. The van der Waals surface area contributed by atoms with Crippen molar-refractivity contribution in [2.75, 3.05) is 12.1 Å². The second kappa shape index (κ2) is 10.9. The van der Waals surface area contributed by atoms with Crippen LogP contribution in [0.2, 0.25) is 0 Å². The molecule has 0 bridgehead atoms. The van der Waals surface area contributed by atoms with Gasteiger partial charge in [-0.05, 0) is 66.2 Å². The Hall–Kier alpha value is -5.09. The standard InChI is InChI=1S/C28H20N4O5S/c1-36-23-14-15-25-26(17-23)38-28(30-25)31(29-18-19-10-12-21(13-11-19)32(34)35)27(33)20-6-5-9-24(16-20)37-22-7-3-2-4-8-22/h2-18H,1H3/b29-18+. The number of carbonyl (C=O) groups is 1. The SMILES string of the molecule is COc1ccc2nc(N(/N=C/c3ccc([N+](=O)[O-])cc3)C(=O)c3cccc(Oc4ccccc4)c3)sc2c1. The van der Waals surface area contributed by atoms with E-state index in [1.54, 1.807) is 49.6 Å². The Morgan fingerprint density at radius 2 is 1.71 bits per heavy atom. The molecule has 0 radical (unpaired) electrons. The number of hydrogen-bond acceptors (Lipinski definition) is 8. The minimum absolute atomic E-state index is 0.0366. The van der Waals surface area contributed by atoms with E-state index in [-0.39, 0.29) is 5.69 Å². The number of carbonyl (C=O) groups excluding carboxylic acids is 1. The average Bonchev–Trinajstić information content (AvgIpc) is 3.37. The molecule has 1 aromatic heterocycles. The van der Waals surface area contributed by atoms with Crippen molar-refractivity contribution in [3.63, 3.8) is 0 Å². The Kier molecular flexibility index (Phi) is 7.05. The summed E-state index contributed by atoms with van der Waals surface area (Å²) in [4.78, 5) is 28.8. The molecule has 0 aliphatic rings. The normalized spacial score (nSPS) is 11.0. The number of hydrazone groups is 1. The van der Waals surface area contributed by atoms with Crippen LogP contribution in [0.15, 0.2) is 102 Å². The molecule has 1 amide bonds. The van der Waals surface area contributed by atoms with Crippen LogP contribution >= 0.6 is 11.3 Å². The molecule has 0 saturated carbocycles. The Morgan fingerprint density at radius 3 is 2.45 bits per heavy atom. The number of para-hydroxylation sites is 1. The zero-order valence-electron chi connectivity index (χ0n) is 20.1. The fourth-order valence-electron chi connectivity index (χ4n) is 3.55. The predicted octanol–water partition coefficient (Wildman–Crippen LogP) is 6.69. The summed E-state index contributed by atoms with van der Waals surface area (Å²) < 4.78 is 12.0. The summed E-state index contributed by atoms with van der Waals surface area (Å²) >= 11 is 1.29. The molecule has 0 atom stereocenters. The summed E-state index contributed by atoms with van der Waals surface area (Å²) in [5.41, 5.74) is 1.58. The number of nitro benzene ring substituents is 1. The van der Waals surface area contributed by atoms with E-state index in [2.05, 4.69) is 10.1 Å². The molecule has 5 rings (SSSR count). The van der Waals surface area contributed by atoms with Crippen LogP contribution in [0.4, 0.5) is 10.8 Å². The second-order valence-corrected chi connectivity index (χ2v) is 8.99. The van der Waals surface area contributed by atoms with Crippen LogP contribution in [-0.4, -0.2) is 29.1 Å². The monoisotopic (exact) mass is 524 g/mol. The maximum absolute atomic E-state index is 13.7. The number of rotatable bonds is 8. The second-order valence-electron chi connectivity index (χ2n) is 7.98. The smallest absolute Gasteiger partial charge is 0.280 e. The molecule has 5 aromatic rings. The number of aromatic nitrogens is 1. The third-order valence-electron chi connectivity index (χ3n) is 5.44. The van der Waals surface area contributed by atoms with Gasteiger partial charge in [-0.1, -0.05) is 35.6 Å². The number of ether oxygens (including phenoxy) is 2. The predicted molar refractivity (Wildman–Crippen MR) is 147 cm³/mol. The first kappa shape index (κ1) is 24.6. The third kappa shape index (κ3) is 5.50. The van der Waals surface area contributed by atoms with Gasteiger partial charge in [0, 0.05) is 17.7 Å². The molecule has 0 saturated heterocycles. The highest BCUT2D eigenvalue weighted by molar-refractivity contribution is 7.22. The van der Waals surface area contributed by atoms with Crippen molar-refractivity contribution in [3.8, 4) is 17.2 Å². The van der Waals surface area contributed by atoms with E-state index < -0.39 is 10.8 Å². The topological polar surface area (TPSA) is 107 Å². The largest absolute Gasteiger partial charge is 0.497 e. The summed E-state index contributed by atoms with van der Waals surface area (Å²) in [6.45, 7) is 0. The molecule has 0 N–H and O–H groups in total. The fraction of sp³-hybridized carbons (Fsp3) is 0.0357. The first-order valence-corrected chi connectivity index (χ1v) is 12.2. The molecule has 0 unspecified atom stereocenters. The lowest BCUT2D eigenvalue weighted by Crippen LogP contribution is -2.25. The van der Waals surface area contributed by atoms with E-state index in [4.69, 9.17) is 9.47 Å². The summed E-state index contributed by atoms with van der Waals surface area (Å²) in [5.74, 6) is 1.39. The van der Waals surface area contributed by atoms with Gasteiger partial charge in [0.2, 0.25) is 5.13 Å². The molecule has 4 aromatic carbocycles. The van der Waals surface area contributed by atoms with Crippen LogP contribution in [0.25, 0.3) is 10.2 Å². The molecule has 38 heavy (non-hydrogen) atoms. The van der Waals surface area contributed by atoms with Crippen LogP contribution in [0.5, 0.6) is 17.2 Å². The highest BCUT2D eigenvalue weighted by Crippen LogP contribution is 2.33. The van der Waals surface area contributed by atoms with Crippen LogP contribution in [0, 0.1) is 10.1 Å². The van der Waals surface area contributed by atoms with Crippen molar-refractivity contribution in [1.29, 1.82) is 0 Å². The van der Waals surface area contributed by atoms with Crippen molar-refractivity contribution in [3.05, 3.63) is 118 Å². The first-order chi connectivity index (χ1) is 18.5. The lowest BCUT2D eigenvalue weighted by molar-refractivity contribution is -0.384. The molecule has 1 heterocycles. The molecule has 9 nitrogen and oxygen atoms in total. The molecule has 188 valence electrons. The van der Waals surface area contributed by atoms with Gasteiger partial charge in [0.25, 0.3) is 11.6 Å². The van der Waals surface area contributed by atoms with E-state index >= 15 is 0 Å². The van der Waals surface area contributed by atoms with Crippen molar-refractivity contribution in [2.45, 2.75) is 0 Å². The Morgan fingerprint density at radius 1 is 0.947 bits per heavy atom. The summed E-state index contributed by atoms with van der Waals surface area (Å²) in [5, 5.41) is 17.0. The maximum atomic E-state index is 13.7. The Balaban J connectivity index is 1.50. The van der Waals surface area contributed by atoms with Crippen molar-refractivity contribution < 1.29 is 19.2 Å². The van der Waals surface area contributed by atoms with Crippen LogP contribution < -0.4 is 14.5 Å². The minimum atomic E-state index is -0.476. The first-order valence-electron chi connectivity index (χ1n) is 11.4. The molecular formula is C28H20N4O5S. The molecule has 10 heteroatoms. The molecule has 0 fully saturated rings. The highest BCUT2D eigenvalue weighted by Gasteiger charge is 2.22. The molecular weight excluding hydrogens is 504 g/mol. The van der Waals surface area contributed by atoms with Gasteiger partial charge in [-0.3, -0.25) is 14.9 Å². The molecule has 0 spiro atoms. The van der Waals surface area contributed by atoms with Gasteiger partial charge >= 0.3 is 0 Å². The van der Waals surface area contributed by atoms with Gasteiger partial charge in [0.05, 0.1) is 28.5 Å². The number of fused-ring (bicyclic) bond motifs is 1. The molecule has 0 aliphatic heterocycles. The van der Waals surface area contributed by atoms with E-state index in [9.17, 15) is 14.9 Å². The van der Waals surface area contributed by atoms with Gasteiger partial charge in [0.15, 0.2) is 0 Å². The van der Waals surface area contributed by atoms with Gasteiger partial charge in [-0.2, -0.15) is 10.1 Å². The zero-order valence-corrected chi connectivity index (χ0v) is 20.9. The number of hydrogen-bond donors (Lipinski definition) is 0. The molecule has 0 aliphatic carbocycles. The average molecular weight is 525 g/mol. The number of amides is 1. The number of nitro groups is 1. The highest BCUT2D eigenvalue weighted by atomic mass is 32.1. The van der Waals surface area contributed by atoms with Crippen LogP contribution in [0.3, 0.4) is 0 Å². The Bertz CT molecular complexity index is 1630. The lowest BCUT2D eigenvalue weighted by Gasteiger charge is -2.14. The summed E-state index contributed by atoms with van der Waals surface area (Å²) in [7, 11) is 1.58. The van der Waals surface area contributed by atoms with Crippen LogP contribution in [-0.2, 0) is 0 Å². The summed E-state index contributed by atoms with van der Waals surface area (Å²) in [6.07, 6.45) is 1.46. The van der Waals surface area contributed by atoms with Crippen LogP contribution in [0.1, 0.15) is 15.9 Å². The van der Waals surface area contributed by atoms with E-state index in [0.29, 0.717) is 39.0 Å². The van der Waals surface area contributed by atoms with Crippen molar-refractivity contribution in [1.82, 2.24) is 4.98 Å². The quantitative estimate of drug-likeness (QED) is 0.127. The Labute approximate surface area is 221 Å². The van der Waals surface area contributed by atoms with Gasteiger partial charge in [-0.25, -0.2) is 4.98 Å². The maximum Gasteiger partial charge on any atom is 0.280 e. The number of benzene rings is 4. The minimum Gasteiger partial charge on any atom is -0.497 e. The number of methoxy groups -OCH3 is 1. The van der Waals surface area contributed by atoms with Gasteiger partial charge in [-0.15, -0.1) is 0 Å². The zero-order chi connectivity index (χ0) is 26.5. The fourth-order valence-corrected chi connectivity index (χ4v) is 4.50. The van der Waals surface area contributed by atoms with Crippen molar-refractivity contribution >= 4 is 44.5 Å². The third-order valence-corrected chi connectivity index (χ3v) is 6.44. The number of non-ortho nitro benzene ring substituents is 1. The van der Waals surface area contributed by atoms with Gasteiger partial charge < -0.3 is 9.47 Å². The van der Waals surface area contributed by atoms with Gasteiger partial charge in [0.1, 0.15) is 17.2 Å². The number of anilines is 1. The number of thiazole rings is 1. The summed E-state index contributed by atoms with van der Waals surface area (Å²) in [6, 6.07) is 27.4. The number of nitrogens with zero attached hydrogens (tertiary/aromatic N) is 4. The van der Waals surface area contributed by atoms with E-state index in [1.807, 2.05) is 42.5 Å². The van der Waals surface area contributed by atoms with E-state index in [0.717, 1.165) is 4.70 Å².